The average molecular weight is 375 g/mol. The highest BCUT2D eigenvalue weighted by Crippen LogP contribution is 2.34. The summed E-state index contributed by atoms with van der Waals surface area (Å²) in [6.07, 6.45) is 0.438. The highest BCUT2D eigenvalue weighted by atomic mass is 32.2. The van der Waals surface area contributed by atoms with Crippen molar-refractivity contribution in [2.75, 3.05) is 18.4 Å². The van der Waals surface area contributed by atoms with Gasteiger partial charge in [0.1, 0.15) is 0 Å². The number of carbonyl (C=O) groups is 2. The molecule has 0 fully saturated rings. The lowest BCUT2D eigenvalue weighted by Crippen LogP contribution is -2.30. The number of carbonyl (C=O) groups excluding carboxylic acids is 2. The lowest BCUT2D eigenvalue weighted by molar-refractivity contribution is -0.123. The maximum Gasteiger partial charge on any atom is 0.340 e. The molecule has 1 heterocycles. The first kappa shape index (κ1) is 17.9. The molecular formula is C18H17NO6S. The number of fused-ring (bicyclic) bond motifs is 1. The van der Waals surface area contributed by atoms with Crippen LogP contribution in [-0.2, 0) is 20.3 Å². The zero-order valence-corrected chi connectivity index (χ0v) is 15.0. The molecule has 0 saturated heterocycles. The first-order chi connectivity index (χ1) is 12.5. The molecule has 2 aromatic rings. The summed E-state index contributed by atoms with van der Waals surface area (Å²) in [6, 6.07) is 11.4. The van der Waals surface area contributed by atoms with E-state index in [9.17, 15) is 13.8 Å². The van der Waals surface area contributed by atoms with Crippen LogP contribution in [0.15, 0.2) is 47.4 Å². The van der Waals surface area contributed by atoms with Gasteiger partial charge in [-0.05, 0) is 31.2 Å². The third-order valence-corrected chi connectivity index (χ3v) is 4.69. The van der Waals surface area contributed by atoms with E-state index in [1.54, 1.807) is 36.4 Å². The minimum absolute atomic E-state index is 0.138. The van der Waals surface area contributed by atoms with Crippen LogP contribution in [0.25, 0.3) is 0 Å². The first-order valence-electron chi connectivity index (χ1n) is 7.79. The largest absolute Gasteiger partial charge is 0.454 e. The van der Waals surface area contributed by atoms with Gasteiger partial charge < -0.3 is 19.5 Å². The van der Waals surface area contributed by atoms with Crippen molar-refractivity contribution in [3.05, 3.63) is 48.0 Å². The molecule has 0 aliphatic carbocycles. The van der Waals surface area contributed by atoms with E-state index in [4.69, 9.17) is 14.2 Å². The monoisotopic (exact) mass is 375 g/mol. The van der Waals surface area contributed by atoms with Crippen molar-refractivity contribution < 1.29 is 28.0 Å². The summed E-state index contributed by atoms with van der Waals surface area (Å²) in [4.78, 5) is 25.0. The van der Waals surface area contributed by atoms with Crippen molar-refractivity contribution in [3.63, 3.8) is 0 Å². The molecule has 1 N–H and O–H groups in total. The van der Waals surface area contributed by atoms with Crippen LogP contribution in [0, 0.1) is 0 Å². The van der Waals surface area contributed by atoms with Crippen LogP contribution in [0.4, 0.5) is 5.69 Å². The second-order valence-corrected chi connectivity index (χ2v) is 6.90. The van der Waals surface area contributed by atoms with E-state index < -0.39 is 28.8 Å². The SMILES string of the molecule is C[C@@H](OC(=O)c1ccccc1[S@@](C)=O)C(=O)Nc1ccc2c(c1)OCO2. The Labute approximate surface area is 152 Å². The number of amides is 1. The summed E-state index contributed by atoms with van der Waals surface area (Å²) in [5, 5.41) is 2.65. The van der Waals surface area contributed by atoms with E-state index in [0.717, 1.165) is 0 Å². The number of hydrogen-bond acceptors (Lipinski definition) is 6. The Kier molecular flexibility index (Phi) is 5.22. The summed E-state index contributed by atoms with van der Waals surface area (Å²) in [7, 11) is -1.35. The predicted octanol–water partition coefficient (Wildman–Crippen LogP) is 2.34. The lowest BCUT2D eigenvalue weighted by Gasteiger charge is -2.14. The summed E-state index contributed by atoms with van der Waals surface area (Å²) in [5.74, 6) is -0.0603. The van der Waals surface area contributed by atoms with E-state index in [1.165, 1.54) is 19.2 Å². The maximum atomic E-state index is 12.3. The van der Waals surface area contributed by atoms with Crippen molar-refractivity contribution in [2.24, 2.45) is 0 Å². The normalized spacial score (nSPS) is 14.4. The predicted molar refractivity (Wildman–Crippen MR) is 94.8 cm³/mol. The molecule has 0 spiro atoms. The van der Waals surface area contributed by atoms with Gasteiger partial charge in [0.15, 0.2) is 17.6 Å². The molecule has 7 nitrogen and oxygen atoms in total. The van der Waals surface area contributed by atoms with E-state index in [2.05, 4.69) is 5.32 Å². The molecule has 2 aromatic carbocycles. The van der Waals surface area contributed by atoms with Gasteiger partial charge in [-0.1, -0.05) is 12.1 Å². The van der Waals surface area contributed by atoms with Crippen molar-refractivity contribution in [1.29, 1.82) is 0 Å². The Morgan fingerprint density at radius 1 is 1.15 bits per heavy atom. The highest BCUT2D eigenvalue weighted by molar-refractivity contribution is 7.84. The van der Waals surface area contributed by atoms with Crippen LogP contribution in [-0.4, -0.2) is 35.2 Å². The number of nitrogens with one attached hydrogen (secondary N) is 1. The van der Waals surface area contributed by atoms with Gasteiger partial charge in [-0.2, -0.15) is 0 Å². The zero-order chi connectivity index (χ0) is 18.7. The molecule has 0 radical (unpaired) electrons. The molecule has 3 rings (SSSR count). The van der Waals surface area contributed by atoms with Gasteiger partial charge in [-0.3, -0.25) is 9.00 Å². The Morgan fingerprint density at radius 2 is 1.88 bits per heavy atom. The second kappa shape index (κ2) is 7.57. The number of ether oxygens (including phenoxy) is 3. The van der Waals surface area contributed by atoms with Crippen LogP contribution >= 0.6 is 0 Å². The molecular weight excluding hydrogens is 358 g/mol. The second-order valence-electron chi connectivity index (χ2n) is 5.56. The molecule has 0 saturated carbocycles. The first-order valence-corrected chi connectivity index (χ1v) is 9.35. The third-order valence-electron chi connectivity index (χ3n) is 3.71. The minimum Gasteiger partial charge on any atom is -0.454 e. The minimum atomic E-state index is -1.35. The number of anilines is 1. The van der Waals surface area contributed by atoms with Crippen LogP contribution < -0.4 is 14.8 Å². The number of hydrogen-bond donors (Lipinski definition) is 1. The summed E-state index contributed by atoms with van der Waals surface area (Å²) < 4.78 is 27.4. The van der Waals surface area contributed by atoms with Crippen LogP contribution in [0.3, 0.4) is 0 Å². The van der Waals surface area contributed by atoms with Crippen molar-refractivity contribution in [2.45, 2.75) is 17.9 Å². The van der Waals surface area contributed by atoms with Gasteiger partial charge in [0.25, 0.3) is 5.91 Å². The topological polar surface area (TPSA) is 90.9 Å². The van der Waals surface area contributed by atoms with Crippen LogP contribution in [0.2, 0.25) is 0 Å². The quantitative estimate of drug-likeness (QED) is 0.807. The van der Waals surface area contributed by atoms with Gasteiger partial charge in [0.05, 0.1) is 21.3 Å². The lowest BCUT2D eigenvalue weighted by atomic mass is 10.2. The summed E-state index contributed by atoms with van der Waals surface area (Å²) in [6.45, 7) is 1.60. The Balaban J connectivity index is 1.66. The maximum absolute atomic E-state index is 12.3. The molecule has 2 atom stereocenters. The molecule has 1 aliphatic rings. The molecule has 136 valence electrons. The smallest absolute Gasteiger partial charge is 0.340 e. The van der Waals surface area contributed by atoms with E-state index in [1.807, 2.05) is 0 Å². The standard InChI is InChI=1S/C18H17NO6S/c1-11(25-18(21)13-5-3-4-6-16(13)26(2)22)17(20)19-12-7-8-14-15(9-12)24-10-23-14/h3-9,11H,10H2,1-2H3,(H,19,20)/t11-,26-/m1/s1. The number of benzene rings is 2. The summed E-state index contributed by atoms with van der Waals surface area (Å²) >= 11 is 0. The molecule has 0 unspecified atom stereocenters. The molecule has 1 aliphatic heterocycles. The van der Waals surface area contributed by atoms with Gasteiger partial charge in [0, 0.05) is 18.0 Å². The molecule has 8 heteroatoms. The van der Waals surface area contributed by atoms with E-state index in [-0.39, 0.29) is 12.4 Å². The number of esters is 1. The Bertz CT molecular complexity index is 882. The van der Waals surface area contributed by atoms with Gasteiger partial charge >= 0.3 is 5.97 Å². The number of rotatable bonds is 5. The fourth-order valence-electron chi connectivity index (χ4n) is 2.38. The van der Waals surface area contributed by atoms with E-state index >= 15 is 0 Å². The van der Waals surface area contributed by atoms with Crippen molar-refractivity contribution in [3.8, 4) is 11.5 Å². The molecule has 0 aromatic heterocycles. The molecule has 26 heavy (non-hydrogen) atoms. The molecule has 1 amide bonds. The molecule has 0 bridgehead atoms. The van der Waals surface area contributed by atoms with E-state index in [0.29, 0.717) is 22.1 Å². The zero-order valence-electron chi connectivity index (χ0n) is 14.2. The van der Waals surface area contributed by atoms with Gasteiger partial charge in [0.2, 0.25) is 6.79 Å². The van der Waals surface area contributed by atoms with Gasteiger partial charge in [-0.15, -0.1) is 0 Å². The average Bonchev–Trinajstić information content (AvgIpc) is 3.09. The van der Waals surface area contributed by atoms with Crippen LogP contribution in [0.5, 0.6) is 11.5 Å². The van der Waals surface area contributed by atoms with Gasteiger partial charge in [-0.25, -0.2) is 4.79 Å². The van der Waals surface area contributed by atoms with Crippen LogP contribution in [0.1, 0.15) is 17.3 Å². The third kappa shape index (κ3) is 3.85. The fraction of sp³-hybridized carbons (Fsp3) is 0.222. The van der Waals surface area contributed by atoms with Crippen molar-refractivity contribution >= 4 is 28.4 Å². The fourth-order valence-corrected chi connectivity index (χ4v) is 3.11. The van der Waals surface area contributed by atoms with Crippen molar-refractivity contribution in [1.82, 2.24) is 0 Å². The summed E-state index contributed by atoms with van der Waals surface area (Å²) in [5.41, 5.74) is 0.674. The Hall–Kier alpha value is -2.87. The highest BCUT2D eigenvalue weighted by Gasteiger charge is 2.22. The Morgan fingerprint density at radius 3 is 2.65 bits per heavy atom.